The average Bonchev–Trinajstić information content (AvgIpc) is 0.853. The van der Waals surface area contributed by atoms with Gasteiger partial charge in [-0.1, -0.05) is 61.0 Å². The number of nitrogens with one attached hydrogen (secondary N) is 6. The number of unbranched alkanes of at least 4 members (excludes halogenated alkanes) is 2. The molecule has 0 unspecified atom stereocenters. The topological polar surface area (TPSA) is 419 Å². The molecule has 0 saturated carbocycles. The second-order valence-corrected chi connectivity index (χ2v) is 25.5. The van der Waals surface area contributed by atoms with E-state index < -0.39 is 158 Å². The van der Waals surface area contributed by atoms with Gasteiger partial charge in [-0.2, -0.15) is 0 Å². The lowest BCUT2D eigenvalue weighted by molar-refractivity contribution is -0.256. The van der Waals surface area contributed by atoms with Crippen LogP contribution in [0, 0.1) is 5.41 Å². The van der Waals surface area contributed by atoms with Crippen molar-refractivity contribution in [2.24, 2.45) is 0 Å². The molecule has 7 aliphatic rings. The first kappa shape index (κ1) is 73.0. The van der Waals surface area contributed by atoms with Gasteiger partial charge in [0.05, 0.1) is 68.0 Å². The van der Waals surface area contributed by atoms with Gasteiger partial charge in [-0.05, 0) is 49.1 Å². The summed E-state index contributed by atoms with van der Waals surface area (Å²) in [7, 11) is 2.88. The van der Waals surface area contributed by atoms with E-state index in [1.807, 2.05) is 0 Å². The molecule has 9 amide bonds. The number of ketones is 2. The number of aliphatic hydroxyl groups is 1. The number of piperazine rings is 1. The van der Waals surface area contributed by atoms with Crippen LogP contribution in [-0.2, 0) is 91.0 Å². The maximum absolute atomic E-state index is 14.4. The van der Waals surface area contributed by atoms with Crippen molar-refractivity contribution < 1.29 is 106 Å². The predicted molar refractivity (Wildman–Crippen MR) is 354 cm³/mol. The van der Waals surface area contributed by atoms with Gasteiger partial charge in [0.2, 0.25) is 35.3 Å². The van der Waals surface area contributed by atoms with E-state index in [1.165, 1.54) is 48.3 Å². The standard InChI is InChI=1S/C70H80N10O22/c1-38-64-45(79-27-28-97-67(96-3)66(79)102-64)30-55(100-38)101-47-32-70(94,31-43-57(47)63(90)58-59(62(43)89)61(88)42-13-10-14-46(95-2)56(42)60(58)71)48(81)37-99-69(93)78-25-23-77(24-26-78)68(92)98-36-40-16-18-41(19-17-40)75-51(84)35-74-65(91)44(29-39-11-6-4-7-12-39)76-52(85)34-73-50(83)33-72-49(82)15-8-5-9-22-80-53(86)20-21-54(80)87/h4,6-7,10-14,16-21,38,44-45,47,55,64,66-67,71,89-90,94H,5,8-9,15,22-37H2,1-3H3,(H,72,82)(H,73,83)(H,74,91)(H,75,84)(H,76,85)/t38-,44-,45-,47-,55-,64+,66+,67-,70-/m0/s1. The molecule has 9 N–H and O–H groups in total. The number of hydrogen-bond donors (Lipinski definition) is 9. The van der Waals surface area contributed by atoms with Crippen LogP contribution < -0.4 is 31.3 Å². The van der Waals surface area contributed by atoms with Crippen molar-refractivity contribution >= 4 is 76.5 Å². The molecule has 0 aromatic heterocycles. The summed E-state index contributed by atoms with van der Waals surface area (Å²) in [6, 6.07) is 18.2. The third-order valence-electron chi connectivity index (χ3n) is 18.9. The van der Waals surface area contributed by atoms with E-state index in [0.717, 1.165) is 4.90 Å². The third-order valence-corrected chi connectivity index (χ3v) is 18.9. The quantitative estimate of drug-likeness (QED) is 0.0215. The molecule has 0 spiro atoms. The Morgan fingerprint density at radius 3 is 2.12 bits per heavy atom. The fourth-order valence-electron chi connectivity index (χ4n) is 13.6. The maximum atomic E-state index is 14.4. The highest BCUT2D eigenvalue weighted by atomic mass is 16.7. The Labute approximate surface area is 584 Å². The Kier molecular flexibility index (Phi) is 23.0. The Morgan fingerprint density at radius 1 is 0.725 bits per heavy atom. The van der Waals surface area contributed by atoms with Crippen molar-refractivity contribution in [3.05, 3.63) is 129 Å². The zero-order valence-corrected chi connectivity index (χ0v) is 56.2. The SMILES string of the molecule is COc1cccc2c1C(=N)c1c(O)c3c(c(O)c1C2=O)C[C@@](O)(C(=O)COC(=O)N1CCN(C(=O)OCc2ccc(NC(=O)CNC(=O)[C@H](Cc4ccccc4)NC(=O)CNC(=O)CNC(=O)CCCCCN4C(=O)C=CC4=O)cc2)CC1)C[C@@H]3O[C@H]1C[C@H]2[C@H](O[C@@H]3[C@@H](OC)OCCN32)[C@H](C)O1. The van der Waals surface area contributed by atoms with Crippen LogP contribution in [0.5, 0.6) is 17.2 Å². The zero-order chi connectivity index (χ0) is 72.5. The van der Waals surface area contributed by atoms with Crippen LogP contribution in [0.15, 0.2) is 84.9 Å². The summed E-state index contributed by atoms with van der Waals surface area (Å²) in [5, 5.41) is 58.8. The molecular weight excluding hydrogens is 1330 g/mol. The van der Waals surface area contributed by atoms with Gasteiger partial charge in [0, 0.05) is 119 Å². The van der Waals surface area contributed by atoms with Gasteiger partial charge in [0.15, 0.2) is 31.2 Å². The highest BCUT2D eigenvalue weighted by Gasteiger charge is 2.55. The number of Topliss-reactive ketones (excluding diaryl/α,β-unsaturated/α-hetero) is 1. The number of imide groups is 1. The van der Waals surface area contributed by atoms with Crippen LogP contribution in [0.1, 0.15) is 101 Å². The number of benzene rings is 4. The number of carbonyl (C=O) groups excluding carboxylic acids is 11. The van der Waals surface area contributed by atoms with Crippen molar-refractivity contribution in [2.45, 2.75) is 120 Å². The molecule has 5 aliphatic heterocycles. The second-order valence-electron chi connectivity index (χ2n) is 25.5. The molecule has 0 radical (unpaired) electrons. The van der Waals surface area contributed by atoms with E-state index >= 15 is 0 Å². The first-order chi connectivity index (χ1) is 49.0. The molecule has 542 valence electrons. The summed E-state index contributed by atoms with van der Waals surface area (Å²) in [6.07, 6.45) is -3.26. The molecule has 4 saturated heterocycles. The number of carbonyl (C=O) groups is 11. The fraction of sp³-hybridized carbons (Fsp3) is 0.457. The van der Waals surface area contributed by atoms with Crippen LogP contribution >= 0.6 is 0 Å². The molecule has 9 atom stereocenters. The molecule has 11 rings (SSSR count). The van der Waals surface area contributed by atoms with Crippen molar-refractivity contribution in [2.75, 3.05) is 91.7 Å². The summed E-state index contributed by atoms with van der Waals surface area (Å²) in [5.74, 6) is -6.70. The van der Waals surface area contributed by atoms with Gasteiger partial charge in [0.25, 0.3) is 11.8 Å². The molecule has 4 aromatic rings. The summed E-state index contributed by atoms with van der Waals surface area (Å²) in [5.41, 5.74) is -2.12. The monoisotopic (exact) mass is 1410 g/mol. The first-order valence-corrected chi connectivity index (χ1v) is 33.5. The van der Waals surface area contributed by atoms with Crippen LogP contribution in [0.25, 0.3) is 0 Å². The lowest BCUT2D eigenvalue weighted by atomic mass is 9.71. The molecule has 102 heavy (non-hydrogen) atoms. The minimum absolute atomic E-state index is 0.00944. The lowest BCUT2D eigenvalue weighted by Crippen LogP contribution is -2.55. The number of anilines is 1. The van der Waals surface area contributed by atoms with Crippen LogP contribution in [0.4, 0.5) is 15.3 Å². The van der Waals surface area contributed by atoms with Crippen molar-refractivity contribution in [1.29, 1.82) is 5.41 Å². The number of fused-ring (bicyclic) bond motifs is 6. The highest BCUT2D eigenvalue weighted by Crippen LogP contribution is 2.53. The van der Waals surface area contributed by atoms with E-state index in [4.69, 9.17) is 37.9 Å². The molecule has 5 heterocycles. The highest BCUT2D eigenvalue weighted by molar-refractivity contribution is 6.32. The number of nitrogens with zero attached hydrogens (tertiary/aromatic N) is 4. The number of hydrogen-bond acceptors (Lipinski definition) is 24. The third kappa shape index (κ3) is 16.4. The second kappa shape index (κ2) is 32.2. The number of phenols is 2. The van der Waals surface area contributed by atoms with E-state index in [1.54, 1.807) is 67.6 Å². The molecular formula is C70H80N10O22. The van der Waals surface area contributed by atoms with E-state index in [9.17, 15) is 73.5 Å². The number of morpholine rings is 1. The number of aromatic hydroxyl groups is 2. The Balaban J connectivity index is 0.628. The van der Waals surface area contributed by atoms with Crippen LogP contribution in [0.2, 0.25) is 0 Å². The first-order valence-electron chi connectivity index (χ1n) is 33.5. The van der Waals surface area contributed by atoms with Gasteiger partial charge >= 0.3 is 12.2 Å². The van der Waals surface area contributed by atoms with Crippen molar-refractivity contribution in [3.8, 4) is 17.2 Å². The fourth-order valence-corrected chi connectivity index (χ4v) is 13.6. The number of rotatable bonds is 26. The number of ether oxygens (including phenoxy) is 8. The molecule has 32 heteroatoms. The van der Waals surface area contributed by atoms with Gasteiger partial charge in [-0.15, -0.1) is 0 Å². The molecule has 2 aliphatic carbocycles. The average molecular weight is 1410 g/mol. The lowest BCUT2D eigenvalue weighted by Gasteiger charge is -2.43. The molecule has 4 aromatic carbocycles. The van der Waals surface area contributed by atoms with Crippen LogP contribution in [-0.4, -0.2) is 241 Å². The number of amides is 9. The minimum Gasteiger partial charge on any atom is -0.507 e. The molecule has 4 fully saturated rings. The molecule has 32 nitrogen and oxygen atoms in total. The Bertz CT molecular complexity index is 3940. The predicted octanol–water partition coefficient (Wildman–Crippen LogP) is 1.50. The minimum atomic E-state index is -2.44. The zero-order valence-electron chi connectivity index (χ0n) is 56.2. The number of phenolic OH excluding ortho intramolecular Hbond substituents is 2. The maximum Gasteiger partial charge on any atom is 0.410 e. The van der Waals surface area contributed by atoms with Crippen molar-refractivity contribution in [1.82, 2.24) is 40.9 Å². The summed E-state index contributed by atoms with van der Waals surface area (Å²) in [4.78, 5) is 149. The summed E-state index contributed by atoms with van der Waals surface area (Å²) < 4.78 is 47.3. The van der Waals surface area contributed by atoms with Gasteiger partial charge < -0.3 is 89.6 Å². The van der Waals surface area contributed by atoms with E-state index in [2.05, 4.69) is 31.5 Å². The van der Waals surface area contributed by atoms with Gasteiger partial charge in [0.1, 0.15) is 41.6 Å². The summed E-state index contributed by atoms with van der Waals surface area (Å²) >= 11 is 0. The Morgan fingerprint density at radius 2 is 1.41 bits per heavy atom. The normalized spacial score (nSPS) is 23.0. The number of methoxy groups -OCH3 is 2. The summed E-state index contributed by atoms with van der Waals surface area (Å²) in [6.45, 7) is 0.316. The Hall–Kier alpha value is -10.2. The van der Waals surface area contributed by atoms with E-state index in [0.29, 0.717) is 49.2 Å². The van der Waals surface area contributed by atoms with E-state index in [-0.39, 0.29) is 116 Å². The van der Waals surface area contributed by atoms with Gasteiger partial charge in [-0.3, -0.25) is 58.4 Å². The largest absolute Gasteiger partial charge is 0.507 e. The molecule has 0 bridgehead atoms. The van der Waals surface area contributed by atoms with Crippen molar-refractivity contribution in [3.63, 3.8) is 0 Å². The van der Waals surface area contributed by atoms with Crippen LogP contribution in [0.3, 0.4) is 0 Å². The smallest absolute Gasteiger partial charge is 0.410 e. The van der Waals surface area contributed by atoms with Gasteiger partial charge in [-0.25, -0.2) is 9.59 Å².